The Hall–Kier alpha value is -0.820. The van der Waals surface area contributed by atoms with E-state index in [2.05, 4.69) is 37.8 Å². The molecule has 3 N–H and O–H groups in total. The Bertz CT molecular complexity index is 731. The number of hydrogen-bond donors (Lipinski definition) is 3. The van der Waals surface area contributed by atoms with E-state index < -0.39 is 5.97 Å². The molecule has 2 rings (SSSR count). The molecular formula is C12H9I2N3O3S. The first-order chi connectivity index (χ1) is 9.86. The Kier molecular flexibility index (Phi) is 5.48. The first kappa shape index (κ1) is 16.5. The zero-order chi connectivity index (χ0) is 15.6. The van der Waals surface area contributed by atoms with Gasteiger partial charge in [0, 0.05) is 9.13 Å². The van der Waals surface area contributed by atoms with Crippen LogP contribution in [0, 0.1) is 14.1 Å². The normalized spacial score (nSPS) is 11.7. The molecule has 0 aliphatic carbocycles. The highest BCUT2D eigenvalue weighted by Gasteiger charge is 2.15. The molecule has 2 aromatic rings. The monoisotopic (exact) mass is 529 g/mol. The number of thioether (sulfide) groups is 1. The number of aliphatic carboxylic acids is 1. The van der Waals surface area contributed by atoms with E-state index in [4.69, 9.17) is 0 Å². The number of aryl methyl sites for hydroxylation is 1. The van der Waals surface area contributed by atoms with Gasteiger partial charge in [0.25, 0.3) is 0 Å². The maximum atomic E-state index is 11.4. The van der Waals surface area contributed by atoms with Crippen molar-refractivity contribution in [1.82, 2.24) is 15.2 Å². The highest BCUT2D eigenvalue weighted by atomic mass is 127. The predicted octanol–water partition coefficient (Wildman–Crippen LogP) is 3.25. The molecule has 110 valence electrons. The van der Waals surface area contributed by atoms with Crippen LogP contribution in [-0.4, -0.2) is 31.4 Å². The number of carbonyl (C=O) groups is 1. The third-order valence-corrected chi connectivity index (χ3v) is 4.66. The lowest BCUT2D eigenvalue weighted by molar-refractivity contribution is -0.131. The summed E-state index contributed by atoms with van der Waals surface area (Å²) in [4.78, 5) is 15.4. The number of rotatable bonds is 4. The van der Waals surface area contributed by atoms with Crippen LogP contribution >= 0.6 is 56.9 Å². The highest BCUT2D eigenvalue weighted by Crippen LogP contribution is 2.32. The van der Waals surface area contributed by atoms with E-state index in [1.165, 1.54) is 6.08 Å². The molecule has 0 unspecified atom stereocenters. The van der Waals surface area contributed by atoms with E-state index in [9.17, 15) is 15.0 Å². The van der Waals surface area contributed by atoms with Crippen molar-refractivity contribution < 1.29 is 15.0 Å². The van der Waals surface area contributed by atoms with E-state index in [1.54, 1.807) is 19.1 Å². The van der Waals surface area contributed by atoms with Crippen LogP contribution in [-0.2, 0) is 4.79 Å². The lowest BCUT2D eigenvalue weighted by atomic mass is 10.2. The van der Waals surface area contributed by atoms with Crippen LogP contribution in [0.3, 0.4) is 0 Å². The van der Waals surface area contributed by atoms with Crippen LogP contribution in [0.25, 0.3) is 6.08 Å². The lowest BCUT2D eigenvalue weighted by Crippen LogP contribution is -1.97. The second-order valence-corrected chi connectivity index (χ2v) is 7.36. The minimum absolute atomic E-state index is 0.0297. The fraction of sp³-hybridized carbons (Fsp3) is 0.0833. The molecule has 0 bridgehead atoms. The van der Waals surface area contributed by atoms with Gasteiger partial charge in [-0.3, -0.25) is 5.10 Å². The van der Waals surface area contributed by atoms with E-state index >= 15 is 0 Å². The maximum Gasteiger partial charge on any atom is 0.342 e. The zero-order valence-corrected chi connectivity index (χ0v) is 15.7. The minimum Gasteiger partial charge on any atom is -0.506 e. The van der Waals surface area contributed by atoms with Crippen molar-refractivity contribution in [3.63, 3.8) is 0 Å². The smallest absolute Gasteiger partial charge is 0.342 e. The summed E-state index contributed by atoms with van der Waals surface area (Å²) < 4.78 is 1.57. The van der Waals surface area contributed by atoms with Crippen LogP contribution in [0.15, 0.2) is 22.2 Å². The SMILES string of the molecule is Cc1nc(S/C(=C\c2cc(I)cc(I)c2O)C(=O)O)n[nH]1. The molecule has 0 aliphatic rings. The van der Waals surface area contributed by atoms with E-state index in [1.807, 2.05) is 22.6 Å². The number of aromatic amines is 1. The molecule has 1 heterocycles. The summed E-state index contributed by atoms with van der Waals surface area (Å²) in [5, 5.41) is 26.2. The van der Waals surface area contributed by atoms with Crippen molar-refractivity contribution in [3.8, 4) is 5.75 Å². The number of phenols is 1. The van der Waals surface area contributed by atoms with Gasteiger partial charge in [-0.25, -0.2) is 9.78 Å². The van der Waals surface area contributed by atoms with Crippen LogP contribution in [0.4, 0.5) is 0 Å². The Balaban J connectivity index is 2.40. The molecule has 0 spiro atoms. The van der Waals surface area contributed by atoms with Crippen molar-refractivity contribution in [2.45, 2.75) is 12.1 Å². The van der Waals surface area contributed by atoms with Gasteiger partial charge in [0.2, 0.25) is 5.16 Å². The van der Waals surface area contributed by atoms with Crippen LogP contribution in [0.5, 0.6) is 5.75 Å². The van der Waals surface area contributed by atoms with Gasteiger partial charge < -0.3 is 10.2 Å². The zero-order valence-electron chi connectivity index (χ0n) is 10.6. The topological polar surface area (TPSA) is 99.1 Å². The number of benzene rings is 1. The molecule has 0 saturated carbocycles. The molecular weight excluding hydrogens is 520 g/mol. The van der Waals surface area contributed by atoms with Crippen LogP contribution < -0.4 is 0 Å². The van der Waals surface area contributed by atoms with Gasteiger partial charge >= 0.3 is 5.97 Å². The predicted molar refractivity (Wildman–Crippen MR) is 96.1 cm³/mol. The average molecular weight is 529 g/mol. The molecule has 21 heavy (non-hydrogen) atoms. The molecule has 0 radical (unpaired) electrons. The number of hydrogen-bond acceptors (Lipinski definition) is 5. The van der Waals surface area contributed by atoms with Gasteiger partial charge in [-0.05, 0) is 82.1 Å². The van der Waals surface area contributed by atoms with Gasteiger partial charge in [0.1, 0.15) is 16.5 Å². The van der Waals surface area contributed by atoms with Crippen molar-refractivity contribution in [2.75, 3.05) is 0 Å². The number of phenolic OH excluding ortho intramolecular Hbond substituents is 1. The number of H-pyrrole nitrogens is 1. The largest absolute Gasteiger partial charge is 0.506 e. The number of aromatic nitrogens is 3. The Morgan fingerprint density at radius 1 is 1.43 bits per heavy atom. The number of nitrogens with one attached hydrogen (secondary N) is 1. The summed E-state index contributed by atoms with van der Waals surface area (Å²) in [6, 6.07) is 3.52. The fourth-order valence-corrected chi connectivity index (χ4v) is 4.07. The van der Waals surface area contributed by atoms with E-state index in [0.29, 0.717) is 20.1 Å². The summed E-state index contributed by atoms with van der Waals surface area (Å²) in [7, 11) is 0. The summed E-state index contributed by atoms with van der Waals surface area (Å²) in [5.74, 6) is -0.439. The second-order valence-electron chi connectivity index (χ2n) is 3.94. The number of carboxylic acids is 1. The standard InChI is InChI=1S/C12H9I2N3O3S/c1-5-15-12(17-16-5)21-9(11(19)20)3-6-2-7(13)4-8(14)10(6)18/h2-4,18H,1H3,(H,19,20)(H,15,16,17)/b9-3-. The lowest BCUT2D eigenvalue weighted by Gasteiger charge is -2.05. The molecule has 0 aliphatic heterocycles. The van der Waals surface area contributed by atoms with Crippen molar-refractivity contribution in [2.24, 2.45) is 0 Å². The first-order valence-corrected chi connectivity index (χ1v) is 8.54. The third kappa shape index (κ3) is 4.32. The average Bonchev–Trinajstić information content (AvgIpc) is 2.79. The summed E-state index contributed by atoms with van der Waals surface area (Å²) in [6.45, 7) is 1.73. The molecule has 0 atom stereocenters. The number of aromatic hydroxyl groups is 1. The molecule has 1 aromatic heterocycles. The van der Waals surface area contributed by atoms with Crippen molar-refractivity contribution in [3.05, 3.63) is 35.6 Å². The van der Waals surface area contributed by atoms with E-state index in [0.717, 1.165) is 15.3 Å². The van der Waals surface area contributed by atoms with Crippen LogP contribution in [0.2, 0.25) is 0 Å². The first-order valence-electron chi connectivity index (χ1n) is 5.56. The van der Waals surface area contributed by atoms with Gasteiger partial charge in [-0.1, -0.05) is 0 Å². The second kappa shape index (κ2) is 6.96. The minimum atomic E-state index is -1.10. The summed E-state index contributed by atoms with van der Waals surface area (Å²) in [6.07, 6.45) is 1.42. The Labute approximate surface area is 151 Å². The molecule has 0 saturated heterocycles. The Morgan fingerprint density at radius 3 is 2.71 bits per heavy atom. The summed E-state index contributed by atoms with van der Waals surface area (Å²) >= 11 is 5.03. The fourth-order valence-electron chi connectivity index (χ4n) is 1.44. The number of nitrogens with zero attached hydrogens (tertiary/aromatic N) is 2. The van der Waals surface area contributed by atoms with Crippen molar-refractivity contribution >= 4 is 69.0 Å². The van der Waals surface area contributed by atoms with Gasteiger partial charge in [0.05, 0.1) is 3.57 Å². The highest BCUT2D eigenvalue weighted by molar-refractivity contribution is 14.1. The molecule has 9 heteroatoms. The Morgan fingerprint density at radius 2 is 2.14 bits per heavy atom. The molecule has 0 amide bonds. The molecule has 6 nitrogen and oxygen atoms in total. The van der Waals surface area contributed by atoms with Gasteiger partial charge in [-0.2, -0.15) is 0 Å². The van der Waals surface area contributed by atoms with E-state index in [-0.39, 0.29) is 10.7 Å². The van der Waals surface area contributed by atoms with Gasteiger partial charge in [0.15, 0.2) is 0 Å². The van der Waals surface area contributed by atoms with Crippen molar-refractivity contribution in [1.29, 1.82) is 0 Å². The molecule has 1 aromatic carbocycles. The number of carboxylic acid groups (broad SMARTS) is 1. The third-order valence-electron chi connectivity index (χ3n) is 2.33. The quantitative estimate of drug-likeness (QED) is 0.320. The summed E-state index contributed by atoms with van der Waals surface area (Å²) in [5.41, 5.74) is 0.448. The maximum absolute atomic E-state index is 11.4. The van der Waals surface area contributed by atoms with Gasteiger partial charge in [-0.15, -0.1) is 5.10 Å². The van der Waals surface area contributed by atoms with Crippen LogP contribution in [0.1, 0.15) is 11.4 Å². The number of halogens is 2. The molecule has 0 fully saturated rings.